The second-order valence-corrected chi connectivity index (χ2v) is 5.23. The lowest BCUT2D eigenvalue weighted by Gasteiger charge is -2.34. The van der Waals surface area contributed by atoms with Crippen molar-refractivity contribution in [3.63, 3.8) is 0 Å². The maximum absolute atomic E-state index is 5.53. The molecule has 0 bridgehead atoms. The van der Waals surface area contributed by atoms with Crippen LogP contribution in [-0.2, 0) is 4.74 Å². The van der Waals surface area contributed by atoms with E-state index in [1.807, 2.05) is 7.11 Å². The van der Waals surface area contributed by atoms with Crippen LogP contribution in [0.25, 0.3) is 0 Å². The van der Waals surface area contributed by atoms with Crippen LogP contribution in [0.15, 0.2) is 0 Å². The van der Waals surface area contributed by atoms with E-state index in [0.29, 0.717) is 18.2 Å². The molecule has 1 heterocycles. The second-order valence-electron chi connectivity index (χ2n) is 5.23. The number of rotatable bonds is 4. The van der Waals surface area contributed by atoms with Crippen molar-refractivity contribution in [2.24, 2.45) is 0 Å². The Hall–Kier alpha value is -0.560. The quantitative estimate of drug-likeness (QED) is 0.743. The largest absolute Gasteiger partial charge is 0.380 e. The third-order valence-electron chi connectivity index (χ3n) is 4.11. The Labute approximate surface area is 105 Å². The molecule has 0 amide bonds. The van der Waals surface area contributed by atoms with E-state index in [1.54, 1.807) is 0 Å². The highest BCUT2D eigenvalue weighted by molar-refractivity contribution is 4.92. The number of methoxy groups -OCH3 is 1. The lowest BCUT2D eigenvalue weighted by molar-refractivity contribution is 0.0763. The number of terminal acetylenes is 1. The minimum absolute atomic E-state index is 0.429. The third kappa shape index (κ3) is 3.45. The third-order valence-corrected chi connectivity index (χ3v) is 4.11. The lowest BCUT2D eigenvalue weighted by atomic mass is 10.0. The highest BCUT2D eigenvalue weighted by atomic mass is 16.5. The zero-order chi connectivity index (χ0) is 12.1. The van der Waals surface area contributed by atoms with Gasteiger partial charge in [0, 0.05) is 32.3 Å². The number of piperidine rings is 1. The molecule has 3 heteroatoms. The summed E-state index contributed by atoms with van der Waals surface area (Å²) >= 11 is 0. The highest BCUT2D eigenvalue weighted by Gasteiger charge is 2.29. The summed E-state index contributed by atoms with van der Waals surface area (Å²) in [4.78, 5) is 2.36. The molecule has 3 nitrogen and oxygen atoms in total. The van der Waals surface area contributed by atoms with Crippen molar-refractivity contribution in [1.29, 1.82) is 0 Å². The molecule has 1 saturated carbocycles. The van der Waals surface area contributed by atoms with Gasteiger partial charge in [0.15, 0.2) is 0 Å². The van der Waals surface area contributed by atoms with Crippen LogP contribution in [0.5, 0.6) is 0 Å². The van der Waals surface area contributed by atoms with Gasteiger partial charge in [0.25, 0.3) is 0 Å². The SMILES string of the molecule is C#CCN1CCC(NC2CCCC2OC)CC1. The summed E-state index contributed by atoms with van der Waals surface area (Å²) in [6.07, 6.45) is 12.0. The van der Waals surface area contributed by atoms with Gasteiger partial charge in [0.1, 0.15) is 0 Å². The van der Waals surface area contributed by atoms with E-state index in [2.05, 4.69) is 16.1 Å². The minimum atomic E-state index is 0.429. The zero-order valence-corrected chi connectivity index (χ0v) is 10.8. The number of nitrogens with one attached hydrogen (secondary N) is 1. The summed E-state index contributed by atoms with van der Waals surface area (Å²) in [6.45, 7) is 3.06. The van der Waals surface area contributed by atoms with Gasteiger partial charge in [-0.15, -0.1) is 6.42 Å². The van der Waals surface area contributed by atoms with Crippen molar-refractivity contribution >= 4 is 0 Å². The van der Waals surface area contributed by atoms with Gasteiger partial charge < -0.3 is 10.1 Å². The average molecular weight is 236 g/mol. The van der Waals surface area contributed by atoms with Crippen LogP contribution in [0, 0.1) is 12.3 Å². The lowest BCUT2D eigenvalue weighted by Crippen LogP contribution is -2.48. The molecule has 1 N–H and O–H groups in total. The fourth-order valence-corrected chi connectivity index (χ4v) is 3.09. The summed E-state index contributed by atoms with van der Waals surface area (Å²) in [5.41, 5.74) is 0. The first-order chi connectivity index (χ1) is 8.33. The zero-order valence-electron chi connectivity index (χ0n) is 10.8. The van der Waals surface area contributed by atoms with Crippen molar-refractivity contribution in [2.45, 2.75) is 50.3 Å². The number of nitrogens with zero attached hydrogens (tertiary/aromatic N) is 1. The number of hydrogen-bond donors (Lipinski definition) is 1. The van der Waals surface area contributed by atoms with Gasteiger partial charge in [0.2, 0.25) is 0 Å². The molecule has 0 aromatic heterocycles. The minimum Gasteiger partial charge on any atom is -0.380 e. The van der Waals surface area contributed by atoms with Crippen LogP contribution in [0.4, 0.5) is 0 Å². The molecule has 2 atom stereocenters. The fraction of sp³-hybridized carbons (Fsp3) is 0.857. The fourth-order valence-electron chi connectivity index (χ4n) is 3.09. The monoisotopic (exact) mass is 236 g/mol. The molecule has 1 aliphatic carbocycles. The number of likely N-dealkylation sites (tertiary alicyclic amines) is 1. The van der Waals surface area contributed by atoms with Gasteiger partial charge in [-0.05, 0) is 32.1 Å². The summed E-state index contributed by atoms with van der Waals surface area (Å²) in [6, 6.07) is 1.23. The van der Waals surface area contributed by atoms with Gasteiger partial charge in [0.05, 0.1) is 12.6 Å². The van der Waals surface area contributed by atoms with Crippen LogP contribution < -0.4 is 5.32 Å². The van der Waals surface area contributed by atoms with Gasteiger partial charge in [-0.25, -0.2) is 0 Å². The van der Waals surface area contributed by atoms with Gasteiger partial charge in [-0.2, -0.15) is 0 Å². The highest BCUT2D eigenvalue weighted by Crippen LogP contribution is 2.23. The Balaban J connectivity index is 1.72. The molecular weight excluding hydrogens is 212 g/mol. The average Bonchev–Trinajstić information content (AvgIpc) is 2.79. The van der Waals surface area contributed by atoms with Crippen molar-refractivity contribution < 1.29 is 4.74 Å². The number of ether oxygens (including phenoxy) is 1. The molecule has 0 spiro atoms. The van der Waals surface area contributed by atoms with Crippen LogP contribution in [0.3, 0.4) is 0 Å². The normalized spacial score (nSPS) is 31.5. The molecule has 1 aliphatic heterocycles. The number of hydrogen-bond acceptors (Lipinski definition) is 3. The van der Waals surface area contributed by atoms with E-state index in [9.17, 15) is 0 Å². The van der Waals surface area contributed by atoms with E-state index >= 15 is 0 Å². The predicted molar refractivity (Wildman–Crippen MR) is 69.9 cm³/mol. The van der Waals surface area contributed by atoms with E-state index in [1.165, 1.54) is 32.1 Å². The summed E-state index contributed by atoms with van der Waals surface area (Å²) in [5.74, 6) is 2.73. The van der Waals surface area contributed by atoms with Crippen molar-refractivity contribution in [3.8, 4) is 12.3 Å². The Morgan fingerprint density at radius 1 is 1.29 bits per heavy atom. The van der Waals surface area contributed by atoms with Gasteiger partial charge in [-0.3, -0.25) is 4.90 Å². The topological polar surface area (TPSA) is 24.5 Å². The van der Waals surface area contributed by atoms with Crippen molar-refractivity contribution in [3.05, 3.63) is 0 Å². The Morgan fingerprint density at radius 2 is 2.06 bits per heavy atom. The Bertz CT molecular complexity index is 266. The van der Waals surface area contributed by atoms with Crippen LogP contribution in [0.1, 0.15) is 32.1 Å². The second kappa shape index (κ2) is 6.39. The molecule has 96 valence electrons. The smallest absolute Gasteiger partial charge is 0.0724 e. The first kappa shape index (κ1) is 12.9. The van der Waals surface area contributed by atoms with Crippen LogP contribution in [0.2, 0.25) is 0 Å². The summed E-state index contributed by atoms with van der Waals surface area (Å²) < 4.78 is 5.53. The van der Waals surface area contributed by atoms with Crippen LogP contribution in [-0.4, -0.2) is 49.8 Å². The molecular formula is C14H24N2O. The molecule has 0 aromatic carbocycles. The van der Waals surface area contributed by atoms with Gasteiger partial charge >= 0.3 is 0 Å². The van der Waals surface area contributed by atoms with E-state index in [4.69, 9.17) is 11.2 Å². The maximum atomic E-state index is 5.53. The van der Waals surface area contributed by atoms with Gasteiger partial charge in [-0.1, -0.05) is 5.92 Å². The molecule has 2 aliphatic rings. The first-order valence-electron chi connectivity index (χ1n) is 6.78. The standard InChI is InChI=1S/C14H24N2O/c1-3-9-16-10-7-12(8-11-16)15-13-5-4-6-14(13)17-2/h1,12-15H,4-11H2,2H3. The van der Waals surface area contributed by atoms with E-state index < -0.39 is 0 Å². The maximum Gasteiger partial charge on any atom is 0.0724 e. The van der Waals surface area contributed by atoms with E-state index in [0.717, 1.165) is 19.6 Å². The van der Waals surface area contributed by atoms with Crippen molar-refractivity contribution in [1.82, 2.24) is 10.2 Å². The van der Waals surface area contributed by atoms with Crippen molar-refractivity contribution in [2.75, 3.05) is 26.7 Å². The Kier molecular flexibility index (Phi) is 4.85. The molecule has 1 saturated heterocycles. The predicted octanol–water partition coefficient (Wildman–Crippen LogP) is 1.24. The van der Waals surface area contributed by atoms with E-state index in [-0.39, 0.29) is 0 Å². The molecule has 2 fully saturated rings. The molecule has 2 rings (SSSR count). The molecule has 2 unspecified atom stereocenters. The molecule has 0 aromatic rings. The molecule has 17 heavy (non-hydrogen) atoms. The summed E-state index contributed by atoms with van der Waals surface area (Å²) in [7, 11) is 1.83. The summed E-state index contributed by atoms with van der Waals surface area (Å²) in [5, 5.41) is 3.78. The Morgan fingerprint density at radius 3 is 2.71 bits per heavy atom. The molecule has 0 radical (unpaired) electrons. The first-order valence-corrected chi connectivity index (χ1v) is 6.78. The van der Waals surface area contributed by atoms with Crippen LogP contribution >= 0.6 is 0 Å².